The van der Waals surface area contributed by atoms with Crippen molar-refractivity contribution < 1.29 is 9.26 Å². The highest BCUT2D eigenvalue weighted by molar-refractivity contribution is 6.30. The lowest BCUT2D eigenvalue weighted by molar-refractivity contribution is 0.0883. The normalized spacial score (nSPS) is 10.9. The fourth-order valence-corrected chi connectivity index (χ4v) is 2.01. The van der Waals surface area contributed by atoms with Gasteiger partial charge in [0.25, 0.3) is 0 Å². The summed E-state index contributed by atoms with van der Waals surface area (Å²) in [7, 11) is 0. The van der Waals surface area contributed by atoms with Crippen molar-refractivity contribution in [3.63, 3.8) is 0 Å². The molecular weight excluding hydrogens is 276 g/mol. The number of nitrogens with one attached hydrogen (secondary N) is 1. The number of rotatable bonds is 8. The van der Waals surface area contributed by atoms with Crippen molar-refractivity contribution in [3.05, 3.63) is 52.4 Å². The monoisotopic (exact) mass is 294 g/mol. The molecule has 2 rings (SSSR count). The lowest BCUT2D eigenvalue weighted by Crippen LogP contribution is -2.13. The molecule has 1 aromatic heterocycles. The molecule has 0 aliphatic heterocycles. The second kappa shape index (κ2) is 8.04. The van der Waals surface area contributed by atoms with E-state index >= 15 is 0 Å². The molecule has 0 radical (unpaired) electrons. The molecule has 0 amide bonds. The molecule has 1 heterocycles. The number of aromatic nitrogens is 1. The number of hydrogen-bond donors (Lipinski definition) is 1. The fourth-order valence-electron chi connectivity index (χ4n) is 1.80. The lowest BCUT2D eigenvalue weighted by Gasteiger charge is -2.02. The van der Waals surface area contributed by atoms with Gasteiger partial charge in [0.1, 0.15) is 6.61 Å². The van der Waals surface area contributed by atoms with Crippen LogP contribution in [-0.4, -0.2) is 11.7 Å². The summed E-state index contributed by atoms with van der Waals surface area (Å²) in [6.45, 7) is 4.75. The predicted molar refractivity (Wildman–Crippen MR) is 78.4 cm³/mol. The van der Waals surface area contributed by atoms with E-state index in [4.69, 9.17) is 20.9 Å². The molecule has 0 unspecified atom stereocenters. The van der Waals surface area contributed by atoms with Crippen LogP contribution in [0.3, 0.4) is 0 Å². The molecule has 2 aromatic rings. The van der Waals surface area contributed by atoms with Crippen molar-refractivity contribution in [1.82, 2.24) is 10.5 Å². The summed E-state index contributed by atoms with van der Waals surface area (Å²) in [4.78, 5) is 0. The summed E-state index contributed by atoms with van der Waals surface area (Å²) in [5.41, 5.74) is 1.95. The van der Waals surface area contributed by atoms with Crippen LogP contribution < -0.4 is 5.32 Å². The van der Waals surface area contributed by atoms with Crippen LogP contribution in [0.15, 0.2) is 34.9 Å². The molecule has 5 heteroatoms. The van der Waals surface area contributed by atoms with Crippen LogP contribution in [0.4, 0.5) is 0 Å². The van der Waals surface area contributed by atoms with Gasteiger partial charge in [-0.1, -0.05) is 35.8 Å². The molecule has 0 atom stereocenters. The van der Waals surface area contributed by atoms with Gasteiger partial charge in [0.15, 0.2) is 5.76 Å². The zero-order chi connectivity index (χ0) is 14.2. The van der Waals surface area contributed by atoms with E-state index in [2.05, 4.69) is 17.4 Å². The first kappa shape index (κ1) is 15.0. The van der Waals surface area contributed by atoms with Crippen LogP contribution in [0.1, 0.15) is 30.4 Å². The first-order chi connectivity index (χ1) is 9.78. The van der Waals surface area contributed by atoms with Gasteiger partial charge in [0, 0.05) is 17.6 Å². The van der Waals surface area contributed by atoms with E-state index in [1.54, 1.807) is 0 Å². The van der Waals surface area contributed by atoms with Gasteiger partial charge in [-0.15, -0.1) is 0 Å². The van der Waals surface area contributed by atoms with E-state index in [1.807, 2.05) is 30.3 Å². The van der Waals surface area contributed by atoms with Gasteiger partial charge >= 0.3 is 0 Å². The average Bonchev–Trinajstić information content (AvgIpc) is 2.87. The van der Waals surface area contributed by atoms with E-state index in [9.17, 15) is 0 Å². The molecular formula is C15H19ClN2O2. The third-order valence-electron chi connectivity index (χ3n) is 2.74. The molecule has 0 aliphatic carbocycles. The Kier molecular flexibility index (Phi) is 6.05. The second-order valence-electron chi connectivity index (χ2n) is 4.58. The standard InChI is InChI=1S/C15H19ClN2O2/c1-2-6-17-9-14-8-15(20-18-14)11-19-10-12-4-3-5-13(16)7-12/h3-5,7-8,17H,2,6,9-11H2,1H3. The first-order valence-electron chi connectivity index (χ1n) is 6.75. The fraction of sp³-hybridized carbons (Fsp3) is 0.400. The van der Waals surface area contributed by atoms with Crippen LogP contribution in [-0.2, 0) is 24.5 Å². The maximum Gasteiger partial charge on any atom is 0.162 e. The molecule has 1 aromatic carbocycles. The van der Waals surface area contributed by atoms with Gasteiger partial charge in [0.2, 0.25) is 0 Å². The molecule has 20 heavy (non-hydrogen) atoms. The summed E-state index contributed by atoms with van der Waals surface area (Å²) >= 11 is 5.91. The largest absolute Gasteiger partial charge is 0.369 e. The summed E-state index contributed by atoms with van der Waals surface area (Å²) in [6, 6.07) is 9.54. The highest BCUT2D eigenvalue weighted by atomic mass is 35.5. The molecule has 0 spiro atoms. The van der Waals surface area contributed by atoms with Gasteiger partial charge in [-0.2, -0.15) is 0 Å². The number of benzene rings is 1. The minimum Gasteiger partial charge on any atom is -0.369 e. The topological polar surface area (TPSA) is 47.3 Å². The Morgan fingerprint density at radius 1 is 1.30 bits per heavy atom. The Labute approximate surface area is 124 Å². The molecule has 0 aliphatic rings. The summed E-state index contributed by atoms with van der Waals surface area (Å²) in [6.07, 6.45) is 1.10. The Hall–Kier alpha value is -1.36. The predicted octanol–water partition coefficient (Wildman–Crippen LogP) is 3.54. The van der Waals surface area contributed by atoms with Crippen LogP contribution in [0.5, 0.6) is 0 Å². The Morgan fingerprint density at radius 3 is 3.00 bits per heavy atom. The van der Waals surface area contributed by atoms with Gasteiger partial charge in [-0.05, 0) is 30.7 Å². The van der Waals surface area contributed by atoms with Gasteiger partial charge < -0.3 is 14.6 Å². The van der Waals surface area contributed by atoms with E-state index in [-0.39, 0.29) is 0 Å². The molecule has 0 saturated carbocycles. The second-order valence-corrected chi connectivity index (χ2v) is 5.02. The lowest BCUT2D eigenvalue weighted by atomic mass is 10.2. The number of nitrogens with zero attached hydrogens (tertiary/aromatic N) is 1. The van der Waals surface area contributed by atoms with Crippen molar-refractivity contribution >= 4 is 11.6 Å². The van der Waals surface area contributed by atoms with Crippen LogP contribution in [0.25, 0.3) is 0 Å². The SMILES string of the molecule is CCCNCc1cc(COCc2cccc(Cl)c2)on1. The zero-order valence-electron chi connectivity index (χ0n) is 11.6. The van der Waals surface area contributed by atoms with Crippen molar-refractivity contribution in [2.45, 2.75) is 33.1 Å². The molecule has 0 bridgehead atoms. The Balaban J connectivity index is 1.74. The summed E-state index contributed by atoms with van der Waals surface area (Å²) in [5, 5.41) is 7.98. The van der Waals surface area contributed by atoms with Gasteiger partial charge in [-0.3, -0.25) is 0 Å². The molecule has 108 valence electrons. The minimum absolute atomic E-state index is 0.410. The third kappa shape index (κ3) is 4.96. The van der Waals surface area contributed by atoms with E-state index in [1.165, 1.54) is 0 Å². The molecule has 4 nitrogen and oxygen atoms in total. The van der Waals surface area contributed by atoms with E-state index < -0.39 is 0 Å². The first-order valence-corrected chi connectivity index (χ1v) is 7.13. The Morgan fingerprint density at radius 2 is 2.20 bits per heavy atom. The maximum atomic E-state index is 5.91. The van der Waals surface area contributed by atoms with Crippen molar-refractivity contribution in [1.29, 1.82) is 0 Å². The van der Waals surface area contributed by atoms with Crippen molar-refractivity contribution in [3.8, 4) is 0 Å². The van der Waals surface area contributed by atoms with E-state index in [0.29, 0.717) is 13.2 Å². The maximum absolute atomic E-state index is 5.91. The smallest absolute Gasteiger partial charge is 0.162 e. The summed E-state index contributed by atoms with van der Waals surface area (Å²) < 4.78 is 10.8. The molecule has 0 fully saturated rings. The number of hydrogen-bond acceptors (Lipinski definition) is 4. The van der Waals surface area contributed by atoms with Gasteiger partial charge in [-0.25, -0.2) is 0 Å². The molecule has 1 N–H and O–H groups in total. The zero-order valence-corrected chi connectivity index (χ0v) is 12.3. The van der Waals surface area contributed by atoms with Crippen LogP contribution in [0, 0.1) is 0 Å². The quantitative estimate of drug-likeness (QED) is 0.757. The van der Waals surface area contributed by atoms with Gasteiger partial charge in [0.05, 0.1) is 12.3 Å². The molecule has 0 saturated heterocycles. The van der Waals surface area contributed by atoms with Crippen LogP contribution >= 0.6 is 11.6 Å². The average molecular weight is 295 g/mol. The highest BCUT2D eigenvalue weighted by Gasteiger charge is 2.04. The number of halogens is 1. The van der Waals surface area contributed by atoms with Crippen molar-refractivity contribution in [2.24, 2.45) is 0 Å². The van der Waals surface area contributed by atoms with E-state index in [0.717, 1.165) is 41.6 Å². The highest BCUT2D eigenvalue weighted by Crippen LogP contribution is 2.12. The van der Waals surface area contributed by atoms with Crippen molar-refractivity contribution in [2.75, 3.05) is 6.54 Å². The minimum atomic E-state index is 0.410. The Bertz CT molecular complexity index is 528. The summed E-state index contributed by atoms with van der Waals surface area (Å²) in [5.74, 6) is 0.736. The third-order valence-corrected chi connectivity index (χ3v) is 2.98. The number of ether oxygens (including phenoxy) is 1. The van der Waals surface area contributed by atoms with Crippen LogP contribution in [0.2, 0.25) is 5.02 Å².